The zero-order valence-corrected chi connectivity index (χ0v) is 64.9. The van der Waals surface area contributed by atoms with Gasteiger partial charge < -0.3 is 37.9 Å². The summed E-state index contributed by atoms with van der Waals surface area (Å²) in [5.74, 6) is 6.90. The highest BCUT2D eigenvalue weighted by Gasteiger charge is 2.43. The summed E-state index contributed by atoms with van der Waals surface area (Å²) in [6.45, 7) is 21.9. The van der Waals surface area contributed by atoms with Crippen LogP contribution in [-0.4, -0.2) is 71.2 Å². The van der Waals surface area contributed by atoms with Crippen molar-refractivity contribution in [1.29, 1.82) is 0 Å². The predicted octanol–water partition coefficient (Wildman–Crippen LogP) is 18.2. The summed E-state index contributed by atoms with van der Waals surface area (Å²) in [6, 6.07) is 96.3. The van der Waals surface area contributed by atoms with E-state index in [9.17, 15) is 0 Å². The summed E-state index contributed by atoms with van der Waals surface area (Å²) >= 11 is 0. The number of benzene rings is 8. The number of aromatic nitrogens is 4. The van der Waals surface area contributed by atoms with Gasteiger partial charge in [-0.05, 0) is 190 Å². The number of para-hydroxylation sites is 4. The summed E-state index contributed by atoms with van der Waals surface area (Å²) in [5.41, 5.74) is 3.68. The predicted molar refractivity (Wildman–Crippen MR) is 422 cm³/mol. The van der Waals surface area contributed by atoms with Crippen LogP contribution in [0.1, 0.15) is 86.6 Å². The van der Waals surface area contributed by atoms with Crippen LogP contribution in [0.25, 0.3) is 0 Å². The molecule has 0 aliphatic rings. The minimum absolute atomic E-state index is 0.423. The van der Waals surface area contributed by atoms with Gasteiger partial charge in [-0.3, -0.25) is 0 Å². The van der Waals surface area contributed by atoms with Crippen molar-refractivity contribution in [3.05, 3.63) is 324 Å². The van der Waals surface area contributed by atoms with Gasteiger partial charge in [0.2, 0.25) is 23.5 Å². The van der Waals surface area contributed by atoms with Crippen molar-refractivity contribution in [3.63, 3.8) is 0 Å². The molecular weight excluding hydrogens is 1350 g/mol. The molecule has 0 N–H and O–H groups in total. The highest BCUT2D eigenvalue weighted by Crippen LogP contribution is 2.44. The van der Waals surface area contributed by atoms with E-state index in [2.05, 4.69) is 161 Å². The zero-order chi connectivity index (χ0) is 72.8. The molecule has 8 radical (unpaired) electrons. The molecule has 12 rings (SSSR count). The second kappa shape index (κ2) is 35.9. The van der Waals surface area contributed by atoms with Crippen molar-refractivity contribution in [2.24, 2.45) is 0 Å². The second-order valence-electron chi connectivity index (χ2n) is 26.1. The summed E-state index contributed by atoms with van der Waals surface area (Å²) < 4.78 is 51.9. The maximum absolute atomic E-state index is 7.58. The third-order valence-corrected chi connectivity index (χ3v) is 23.9. The summed E-state index contributed by atoms with van der Waals surface area (Å²) in [6.07, 6.45) is 0. The van der Waals surface area contributed by atoms with Crippen LogP contribution in [0, 0.1) is 27.7 Å². The molecular formula is C88H88N4O8Si4. The maximum Gasteiger partial charge on any atom is 0.222 e. The molecule has 0 bridgehead atoms. The monoisotopic (exact) mass is 1440 g/mol. The Kier molecular flexibility index (Phi) is 25.9. The minimum Gasteiger partial charge on any atom is -0.494 e. The van der Waals surface area contributed by atoms with Crippen molar-refractivity contribution in [3.8, 4) is 58.0 Å². The van der Waals surface area contributed by atoms with Gasteiger partial charge in [0.05, 0.1) is 74.1 Å². The Morgan fingerprint density at radius 1 is 0.250 bits per heavy atom. The highest BCUT2D eigenvalue weighted by molar-refractivity contribution is 6.55. The molecule has 12 aromatic rings. The first-order valence-electron chi connectivity index (χ1n) is 35.2. The van der Waals surface area contributed by atoms with Crippen molar-refractivity contribution in [2.45, 2.75) is 116 Å². The van der Waals surface area contributed by atoms with Crippen LogP contribution >= 0.6 is 0 Å². The van der Waals surface area contributed by atoms with Gasteiger partial charge in [-0.25, -0.2) is 19.9 Å². The lowest BCUT2D eigenvalue weighted by Gasteiger charge is -2.40. The highest BCUT2D eigenvalue weighted by atomic mass is 28.2. The van der Waals surface area contributed by atoms with Crippen LogP contribution < -0.4 is 49.2 Å². The quantitative estimate of drug-likeness (QED) is 0.0373. The first kappa shape index (κ1) is 75.1. The van der Waals surface area contributed by atoms with Gasteiger partial charge in [-0.15, -0.1) is 0 Å². The number of ether oxygens (including phenoxy) is 8. The van der Waals surface area contributed by atoms with Crippen LogP contribution in [-0.2, 0) is 31.9 Å². The zero-order valence-electron chi connectivity index (χ0n) is 60.9. The van der Waals surface area contributed by atoms with Gasteiger partial charge in [0.1, 0.15) is 56.9 Å². The van der Waals surface area contributed by atoms with E-state index in [1.807, 2.05) is 187 Å². The number of rotatable bonds is 32. The van der Waals surface area contributed by atoms with Gasteiger partial charge in [0, 0.05) is 22.3 Å². The molecule has 0 fully saturated rings. The fourth-order valence-corrected chi connectivity index (χ4v) is 16.4. The molecule has 524 valence electrons. The third kappa shape index (κ3) is 20.6. The standard InChI is InChI=1S/C46H48N2O5Si2.C42H40N2O3Si2/c1-7-49-35-21-25-39(26-22-35)54-31-45(5,41-29-19-33(3)43(47-41)51-37-15-11-9-12-16-37)53-46(6,32-55-40-27-23-36(24-28-40)50-8-2)42-30-20-34(4)44(48-42)52-38-17-13-10-14-18-38;1-31-25-27-37(43-39(31)45-33-17-9-5-10-18-33)41(3,29-48-35-21-13-7-14-22-35)47-42(4,30-49-36-23-15-8-16-24-36)38-28-26-32(2)40(44-38)46-34-19-11-6-12-20-34/h9-30H,7-8,31-32H2,1-6H3;5-28H,29-30H2,1-4H3. The largest absolute Gasteiger partial charge is 0.494 e. The van der Waals surface area contributed by atoms with Crippen LogP contribution in [0.5, 0.6) is 58.0 Å². The van der Waals surface area contributed by atoms with Gasteiger partial charge in [-0.2, -0.15) is 0 Å². The van der Waals surface area contributed by atoms with Crippen molar-refractivity contribution in [2.75, 3.05) is 13.2 Å². The molecule has 0 saturated heterocycles. The molecule has 0 saturated carbocycles. The molecule has 104 heavy (non-hydrogen) atoms. The summed E-state index contributed by atoms with van der Waals surface area (Å²) in [4.78, 5) is 20.7. The molecule has 4 heterocycles. The normalized spacial score (nSPS) is 13.5. The first-order valence-corrected chi connectivity index (χ1v) is 40.0. The molecule has 0 spiro atoms. The summed E-state index contributed by atoms with van der Waals surface area (Å²) in [7, 11) is 1.84. The van der Waals surface area contributed by atoms with E-state index < -0.39 is 22.4 Å². The number of pyridine rings is 4. The van der Waals surface area contributed by atoms with E-state index in [-0.39, 0.29) is 0 Å². The van der Waals surface area contributed by atoms with Crippen LogP contribution in [0.3, 0.4) is 0 Å². The van der Waals surface area contributed by atoms with Gasteiger partial charge in [0.15, 0.2) is 0 Å². The lowest BCUT2D eigenvalue weighted by atomic mass is 9.97. The fraction of sp³-hybridized carbons (Fsp3) is 0.227. The van der Waals surface area contributed by atoms with Crippen LogP contribution in [0.4, 0.5) is 0 Å². The van der Waals surface area contributed by atoms with Crippen LogP contribution in [0.15, 0.2) is 279 Å². The minimum atomic E-state index is -0.857. The van der Waals surface area contributed by atoms with Gasteiger partial charge in [-0.1, -0.05) is 203 Å². The molecule has 4 aromatic heterocycles. The molecule has 8 aromatic carbocycles. The van der Waals surface area contributed by atoms with E-state index in [0.717, 1.165) is 91.6 Å². The topological polar surface area (TPSA) is 125 Å². The fourth-order valence-electron chi connectivity index (χ4n) is 11.6. The number of aryl methyl sites for hydroxylation is 4. The average Bonchev–Trinajstić information content (AvgIpc) is 0.775. The maximum atomic E-state index is 7.58. The van der Waals surface area contributed by atoms with Crippen LogP contribution in [0.2, 0.25) is 24.2 Å². The Morgan fingerprint density at radius 3 is 0.683 bits per heavy atom. The van der Waals surface area contributed by atoms with E-state index in [1.165, 1.54) is 20.7 Å². The molecule has 4 atom stereocenters. The molecule has 16 heteroatoms. The lowest BCUT2D eigenvalue weighted by molar-refractivity contribution is -0.136. The third-order valence-electron chi connectivity index (χ3n) is 17.5. The second-order valence-corrected chi connectivity index (χ2v) is 31.3. The van der Waals surface area contributed by atoms with Gasteiger partial charge in [0.25, 0.3) is 0 Å². The van der Waals surface area contributed by atoms with E-state index in [1.54, 1.807) is 0 Å². The smallest absolute Gasteiger partial charge is 0.222 e. The Hall–Kier alpha value is -10.1. The first-order chi connectivity index (χ1) is 50.5. The Labute approximate surface area is 623 Å². The molecule has 0 aliphatic heterocycles. The van der Waals surface area contributed by atoms with Crippen molar-refractivity contribution >= 4 is 58.8 Å². The van der Waals surface area contributed by atoms with Gasteiger partial charge >= 0.3 is 0 Å². The number of hydrogen-bond acceptors (Lipinski definition) is 12. The van der Waals surface area contributed by atoms with E-state index in [0.29, 0.717) is 86.9 Å². The molecule has 0 aliphatic carbocycles. The van der Waals surface area contributed by atoms with Crippen molar-refractivity contribution < 1.29 is 37.9 Å². The number of nitrogens with zero attached hydrogens (tertiary/aromatic N) is 4. The molecule has 12 nitrogen and oxygen atoms in total. The van der Waals surface area contributed by atoms with E-state index >= 15 is 0 Å². The SMILES string of the molecule is CCOc1ccc([Si]CC(C)(OC(C)(C[Si]c2ccc(OCC)cc2)c2ccc(C)c(Oc3ccccc3)n2)c2ccc(C)c(Oc3ccccc3)n2)cc1.Cc1ccc(C(C)(C[Si]c2ccccc2)OC(C)(C[Si]c2ccccc2)c2ccc(C)c(Oc3ccccc3)n2)nc1Oc1ccccc1. The molecule has 0 amide bonds. The van der Waals surface area contributed by atoms with E-state index in [4.69, 9.17) is 57.8 Å². The average molecular weight is 1440 g/mol. The Bertz CT molecular complexity index is 4360. The Morgan fingerprint density at radius 2 is 0.462 bits per heavy atom. The lowest BCUT2D eigenvalue weighted by Crippen LogP contribution is -2.42. The van der Waals surface area contributed by atoms with Crippen molar-refractivity contribution in [1.82, 2.24) is 19.9 Å². The number of hydrogen-bond donors (Lipinski definition) is 0. The Balaban J connectivity index is 0.000000210. The molecule has 4 unspecified atom stereocenters. The summed E-state index contributed by atoms with van der Waals surface area (Å²) in [5, 5.41) is 4.95.